The van der Waals surface area contributed by atoms with Crippen LogP contribution in [0.4, 0.5) is 4.79 Å². The minimum absolute atomic E-state index is 0.183. The largest absolute Gasteiger partial charge is 0.445 e. The maximum atomic E-state index is 12.1. The molecular weight excluding hydrogens is 288 g/mol. The molecule has 108 valence electrons. The van der Waals surface area contributed by atoms with E-state index in [-0.39, 0.29) is 6.54 Å². The summed E-state index contributed by atoms with van der Waals surface area (Å²) in [5.41, 5.74) is 6.38. The zero-order valence-corrected chi connectivity index (χ0v) is 11.0. The molecule has 1 aromatic rings. The number of amides is 2. The number of oxazole rings is 1. The fourth-order valence-corrected chi connectivity index (χ4v) is 2.79. The van der Waals surface area contributed by atoms with Crippen LogP contribution >= 0.6 is 0 Å². The molecule has 1 aromatic heterocycles. The second kappa shape index (κ2) is 4.98. The van der Waals surface area contributed by atoms with Gasteiger partial charge in [-0.15, -0.1) is 4.28 Å². The second-order valence-electron chi connectivity index (χ2n) is 4.33. The molecule has 9 nitrogen and oxygen atoms in total. The molecular formula is C10H12N4O5S. The number of carbonyl (C=O) groups is 1. The van der Waals surface area contributed by atoms with Crippen molar-refractivity contribution >= 4 is 23.0 Å². The van der Waals surface area contributed by atoms with E-state index in [0.29, 0.717) is 18.0 Å². The first-order valence-electron chi connectivity index (χ1n) is 5.82. The first-order valence-corrected chi connectivity index (χ1v) is 6.85. The van der Waals surface area contributed by atoms with Crippen molar-refractivity contribution in [2.45, 2.75) is 12.1 Å². The fourth-order valence-electron chi connectivity index (χ4n) is 2.48. The van der Waals surface area contributed by atoms with E-state index in [1.807, 2.05) is 0 Å². The van der Waals surface area contributed by atoms with Gasteiger partial charge in [-0.2, -0.15) is 9.27 Å². The summed E-state index contributed by atoms with van der Waals surface area (Å²) in [7, 11) is 0. The van der Waals surface area contributed by atoms with E-state index in [1.54, 1.807) is 6.08 Å². The topological polar surface area (TPSA) is 122 Å². The smallest absolute Gasteiger partial charge is 0.346 e. The van der Waals surface area contributed by atoms with Gasteiger partial charge in [0.1, 0.15) is 6.26 Å². The predicted molar refractivity (Wildman–Crippen MR) is 66.9 cm³/mol. The number of hydrogen-bond donors (Lipinski definition) is 2. The minimum atomic E-state index is -2.57. The number of aromatic nitrogens is 1. The Labute approximate surface area is 116 Å². The van der Waals surface area contributed by atoms with Crippen molar-refractivity contribution in [2.24, 2.45) is 5.73 Å². The van der Waals surface area contributed by atoms with Gasteiger partial charge in [0, 0.05) is 18.7 Å². The van der Waals surface area contributed by atoms with Crippen molar-refractivity contribution in [2.75, 3.05) is 13.1 Å². The number of hydrogen-bond acceptors (Lipinski definition) is 6. The van der Waals surface area contributed by atoms with E-state index >= 15 is 0 Å². The number of fused-ring (bicyclic) bond motifs is 2. The van der Waals surface area contributed by atoms with Crippen LogP contribution in [0, 0.1) is 0 Å². The zero-order valence-electron chi connectivity index (χ0n) is 10.2. The third kappa shape index (κ3) is 2.02. The Morgan fingerprint density at radius 1 is 1.65 bits per heavy atom. The lowest BCUT2D eigenvalue weighted by molar-refractivity contribution is -0.00924. The third-order valence-electron chi connectivity index (χ3n) is 3.27. The predicted octanol–water partition coefficient (Wildman–Crippen LogP) is -0.427. The van der Waals surface area contributed by atoms with Crippen molar-refractivity contribution < 1.29 is 22.3 Å². The molecule has 1 saturated heterocycles. The molecule has 3 heterocycles. The van der Waals surface area contributed by atoms with Crippen LogP contribution in [-0.4, -0.2) is 54.9 Å². The Morgan fingerprint density at radius 3 is 3.05 bits per heavy atom. The summed E-state index contributed by atoms with van der Waals surface area (Å²) in [6.45, 7) is 0.519. The summed E-state index contributed by atoms with van der Waals surface area (Å²) in [5, 5.41) is 0.870. The van der Waals surface area contributed by atoms with Gasteiger partial charge in [-0.1, -0.05) is 0 Å². The van der Waals surface area contributed by atoms with Gasteiger partial charge in [0.25, 0.3) is 0 Å². The molecule has 0 saturated carbocycles. The molecule has 20 heavy (non-hydrogen) atoms. The lowest BCUT2D eigenvalue weighted by atomic mass is 9.99. The summed E-state index contributed by atoms with van der Waals surface area (Å²) in [5.74, 6) is 0.370. The van der Waals surface area contributed by atoms with Crippen molar-refractivity contribution in [1.82, 2.24) is 14.9 Å². The first-order chi connectivity index (χ1) is 9.61. The highest BCUT2D eigenvalue weighted by Crippen LogP contribution is 2.33. The van der Waals surface area contributed by atoms with Crippen LogP contribution in [0.1, 0.15) is 5.89 Å². The Bertz CT molecular complexity index is 574. The molecule has 2 aliphatic heterocycles. The number of rotatable bonds is 4. The average Bonchev–Trinajstić information content (AvgIpc) is 3.02. The van der Waals surface area contributed by atoms with Crippen molar-refractivity contribution in [3.8, 4) is 0 Å². The summed E-state index contributed by atoms with van der Waals surface area (Å²) in [6.07, 6.45) is 4.64. The van der Waals surface area contributed by atoms with Gasteiger partial charge in [0.05, 0.1) is 18.3 Å². The summed E-state index contributed by atoms with van der Waals surface area (Å²) in [4.78, 5) is 17.7. The summed E-state index contributed by atoms with van der Waals surface area (Å²) < 4.78 is 29.4. The standard InChI is InChI=1S/C10H12N4O5S/c11-4-8-7(9-12-1-2-18-9)3-6-5-13(8)10(15)14(6)19-20(16)17/h1-3,6,8H,4-5,11H2,(H,16,17)/t6-,8?/m1/s1. The molecule has 0 aromatic carbocycles. The van der Waals surface area contributed by atoms with E-state index in [4.69, 9.17) is 14.7 Å². The Morgan fingerprint density at radius 2 is 2.45 bits per heavy atom. The monoisotopic (exact) mass is 300 g/mol. The highest BCUT2D eigenvalue weighted by Gasteiger charge is 2.47. The lowest BCUT2D eigenvalue weighted by Gasteiger charge is -2.29. The molecule has 0 radical (unpaired) electrons. The van der Waals surface area contributed by atoms with Gasteiger partial charge in [0.2, 0.25) is 5.89 Å². The molecule has 0 spiro atoms. The molecule has 0 aliphatic carbocycles. The number of carbonyl (C=O) groups excluding carboxylic acids is 1. The van der Waals surface area contributed by atoms with Crippen LogP contribution in [0.25, 0.3) is 5.57 Å². The van der Waals surface area contributed by atoms with E-state index in [1.165, 1.54) is 17.4 Å². The Balaban J connectivity index is 1.97. The van der Waals surface area contributed by atoms with Crippen LogP contribution in [-0.2, 0) is 15.6 Å². The number of urea groups is 1. The van der Waals surface area contributed by atoms with Crippen molar-refractivity contribution in [1.29, 1.82) is 0 Å². The van der Waals surface area contributed by atoms with Gasteiger partial charge in [-0.3, -0.25) is 4.55 Å². The minimum Gasteiger partial charge on any atom is -0.445 e. The van der Waals surface area contributed by atoms with Crippen LogP contribution in [0.15, 0.2) is 23.0 Å². The Kier molecular flexibility index (Phi) is 3.30. The normalized spacial score (nSPS) is 26.9. The van der Waals surface area contributed by atoms with Gasteiger partial charge in [-0.05, 0) is 6.08 Å². The van der Waals surface area contributed by atoms with Gasteiger partial charge in [-0.25, -0.2) is 9.78 Å². The Hall–Kier alpha value is -1.75. The highest BCUT2D eigenvalue weighted by atomic mass is 32.2. The summed E-state index contributed by atoms with van der Waals surface area (Å²) in [6, 6.07) is -1.40. The average molecular weight is 300 g/mol. The molecule has 3 N–H and O–H groups in total. The molecule has 1 fully saturated rings. The molecule has 3 atom stereocenters. The van der Waals surface area contributed by atoms with Crippen LogP contribution in [0.2, 0.25) is 0 Å². The molecule has 10 heteroatoms. The van der Waals surface area contributed by atoms with Crippen LogP contribution < -0.4 is 5.73 Å². The lowest BCUT2D eigenvalue weighted by Crippen LogP contribution is -2.44. The summed E-state index contributed by atoms with van der Waals surface area (Å²) >= 11 is -2.57. The third-order valence-corrected chi connectivity index (χ3v) is 3.56. The molecule has 2 aliphatic rings. The van der Waals surface area contributed by atoms with Gasteiger partial charge >= 0.3 is 17.4 Å². The number of nitrogens with zero attached hydrogens (tertiary/aromatic N) is 3. The fraction of sp³-hybridized carbons (Fsp3) is 0.400. The maximum absolute atomic E-state index is 12.1. The quantitative estimate of drug-likeness (QED) is 0.723. The van der Waals surface area contributed by atoms with E-state index in [2.05, 4.69) is 9.27 Å². The van der Waals surface area contributed by atoms with Crippen molar-refractivity contribution in [3.63, 3.8) is 0 Å². The van der Waals surface area contributed by atoms with Crippen LogP contribution in [0.3, 0.4) is 0 Å². The molecule has 2 amide bonds. The van der Waals surface area contributed by atoms with Crippen LogP contribution in [0.5, 0.6) is 0 Å². The number of nitrogens with two attached hydrogens (primary N) is 1. The second-order valence-corrected chi connectivity index (χ2v) is 4.91. The first kappa shape index (κ1) is 13.2. The van der Waals surface area contributed by atoms with E-state index in [9.17, 15) is 9.00 Å². The highest BCUT2D eigenvalue weighted by molar-refractivity contribution is 7.74. The van der Waals surface area contributed by atoms with Crippen molar-refractivity contribution in [3.05, 3.63) is 24.4 Å². The number of hydroxylamine groups is 2. The van der Waals surface area contributed by atoms with Gasteiger partial charge < -0.3 is 15.1 Å². The molecule has 3 rings (SSSR count). The van der Waals surface area contributed by atoms with Gasteiger partial charge in [0.15, 0.2) is 0 Å². The van der Waals surface area contributed by atoms with E-state index in [0.717, 1.165) is 5.06 Å². The van der Waals surface area contributed by atoms with E-state index < -0.39 is 29.5 Å². The maximum Gasteiger partial charge on any atom is 0.346 e. The molecule has 2 bridgehead atoms. The SMILES string of the molecule is NCC1C(c2ncco2)=C[C@@H]2CN1C(=O)N2OS(=O)O. The zero-order chi connectivity index (χ0) is 14.3. The molecule has 2 unspecified atom stereocenters.